The molecule has 0 N–H and O–H groups in total. The Morgan fingerprint density at radius 3 is 2.63 bits per heavy atom. The molecular weight excluding hydrogens is 388 g/mol. The summed E-state index contributed by atoms with van der Waals surface area (Å²) in [4.78, 5) is 39.7. The van der Waals surface area contributed by atoms with Crippen LogP contribution in [0.4, 0.5) is 4.79 Å². The van der Waals surface area contributed by atoms with Crippen molar-refractivity contribution in [2.75, 3.05) is 25.1 Å². The summed E-state index contributed by atoms with van der Waals surface area (Å²) in [5, 5.41) is -0.402. The highest BCUT2D eigenvalue weighted by Crippen LogP contribution is 2.32. The van der Waals surface area contributed by atoms with Gasteiger partial charge in [-0.1, -0.05) is 30.3 Å². The zero-order chi connectivity index (χ0) is 19.6. The molecule has 7 nitrogen and oxygen atoms in total. The van der Waals surface area contributed by atoms with E-state index in [1.807, 2.05) is 30.3 Å². The Kier molecular flexibility index (Phi) is 5.71. The summed E-state index contributed by atoms with van der Waals surface area (Å²) in [6, 6.07) is 8.88. The van der Waals surface area contributed by atoms with E-state index in [1.165, 1.54) is 4.90 Å². The Morgan fingerprint density at radius 2 is 2.00 bits per heavy atom. The molecule has 2 fully saturated rings. The van der Waals surface area contributed by atoms with Crippen LogP contribution in [0.1, 0.15) is 18.4 Å². The standard InChI is InChI=1S/C18H20N2O5S2/c1-19(14-8-10-27(24,25)12-14)16(21)7-9-20-17(22)15(26-18(20)23)11-13-5-3-2-4-6-13/h2-6,11,14H,7-10,12H2,1H3/b15-11+. The lowest BCUT2D eigenvalue weighted by Gasteiger charge is -2.24. The Balaban J connectivity index is 1.59. The predicted molar refractivity (Wildman–Crippen MR) is 104 cm³/mol. The van der Waals surface area contributed by atoms with Gasteiger partial charge in [0.2, 0.25) is 5.91 Å². The quantitative estimate of drug-likeness (QED) is 0.690. The Hall–Kier alpha value is -2.13. The molecule has 1 aromatic rings. The van der Waals surface area contributed by atoms with Crippen molar-refractivity contribution < 1.29 is 22.8 Å². The molecule has 1 atom stereocenters. The van der Waals surface area contributed by atoms with E-state index in [4.69, 9.17) is 0 Å². The SMILES string of the molecule is CN(C(=O)CCN1C(=O)S/C(=C/c2ccccc2)C1=O)C1CCS(=O)(=O)C1. The van der Waals surface area contributed by atoms with E-state index >= 15 is 0 Å². The van der Waals surface area contributed by atoms with Crippen LogP contribution in [-0.4, -0.2) is 66.4 Å². The third-order valence-corrected chi connectivity index (χ3v) is 7.33. The number of hydrogen-bond acceptors (Lipinski definition) is 6. The Bertz CT molecular complexity index is 896. The molecular formula is C18H20N2O5S2. The van der Waals surface area contributed by atoms with Crippen molar-refractivity contribution in [2.24, 2.45) is 0 Å². The fraction of sp³-hybridized carbons (Fsp3) is 0.389. The van der Waals surface area contributed by atoms with E-state index in [-0.39, 0.29) is 36.4 Å². The maximum Gasteiger partial charge on any atom is 0.293 e. The summed E-state index contributed by atoms with van der Waals surface area (Å²) in [5.41, 5.74) is 0.821. The lowest BCUT2D eigenvalue weighted by atomic mass is 10.2. The number of carbonyl (C=O) groups excluding carboxylic acids is 3. The van der Waals surface area contributed by atoms with Gasteiger partial charge in [-0.05, 0) is 29.8 Å². The van der Waals surface area contributed by atoms with Crippen molar-refractivity contribution in [3.05, 3.63) is 40.8 Å². The zero-order valence-corrected chi connectivity index (χ0v) is 16.5. The number of benzene rings is 1. The molecule has 2 heterocycles. The number of hydrogen-bond donors (Lipinski definition) is 0. The van der Waals surface area contributed by atoms with Crippen LogP contribution in [-0.2, 0) is 19.4 Å². The van der Waals surface area contributed by atoms with Gasteiger partial charge in [-0.15, -0.1) is 0 Å². The highest BCUT2D eigenvalue weighted by molar-refractivity contribution is 8.18. The second-order valence-electron chi connectivity index (χ2n) is 6.56. The normalized spacial score (nSPS) is 23.2. The molecule has 0 aliphatic carbocycles. The van der Waals surface area contributed by atoms with E-state index in [0.29, 0.717) is 11.3 Å². The molecule has 1 aromatic carbocycles. The van der Waals surface area contributed by atoms with Crippen LogP contribution in [0.15, 0.2) is 35.2 Å². The lowest BCUT2D eigenvalue weighted by molar-refractivity contribution is -0.132. The van der Waals surface area contributed by atoms with Gasteiger partial charge in [0.15, 0.2) is 9.84 Å². The topological polar surface area (TPSA) is 91.8 Å². The van der Waals surface area contributed by atoms with Gasteiger partial charge in [0.1, 0.15) is 0 Å². The first kappa shape index (κ1) is 19.6. The summed E-state index contributed by atoms with van der Waals surface area (Å²) < 4.78 is 23.1. The van der Waals surface area contributed by atoms with Crippen LogP contribution in [0.3, 0.4) is 0 Å². The largest absolute Gasteiger partial charge is 0.342 e. The van der Waals surface area contributed by atoms with Gasteiger partial charge in [-0.3, -0.25) is 19.3 Å². The van der Waals surface area contributed by atoms with Crippen LogP contribution in [0, 0.1) is 0 Å². The van der Waals surface area contributed by atoms with Crippen LogP contribution in [0.2, 0.25) is 0 Å². The van der Waals surface area contributed by atoms with Gasteiger partial charge in [-0.2, -0.15) is 0 Å². The fourth-order valence-electron chi connectivity index (χ4n) is 3.06. The van der Waals surface area contributed by atoms with Gasteiger partial charge in [-0.25, -0.2) is 8.42 Å². The molecule has 144 valence electrons. The molecule has 9 heteroatoms. The minimum Gasteiger partial charge on any atom is -0.342 e. The van der Waals surface area contributed by atoms with E-state index in [2.05, 4.69) is 0 Å². The van der Waals surface area contributed by atoms with Crippen LogP contribution in [0.5, 0.6) is 0 Å². The van der Waals surface area contributed by atoms with Crippen molar-refractivity contribution in [3.8, 4) is 0 Å². The minimum atomic E-state index is -3.08. The summed E-state index contributed by atoms with van der Waals surface area (Å²) >= 11 is 0.856. The van der Waals surface area contributed by atoms with Crippen molar-refractivity contribution >= 4 is 44.7 Å². The highest BCUT2D eigenvalue weighted by atomic mass is 32.2. The molecule has 0 spiro atoms. The van der Waals surface area contributed by atoms with Crippen LogP contribution >= 0.6 is 11.8 Å². The Labute approximate surface area is 162 Å². The summed E-state index contributed by atoms with van der Waals surface area (Å²) in [6.07, 6.45) is 2.05. The first-order chi connectivity index (χ1) is 12.8. The molecule has 1 unspecified atom stereocenters. The summed E-state index contributed by atoms with van der Waals surface area (Å²) in [6.45, 7) is -0.0144. The number of imide groups is 1. The van der Waals surface area contributed by atoms with Gasteiger partial charge in [0.25, 0.3) is 11.1 Å². The Morgan fingerprint density at radius 1 is 1.30 bits per heavy atom. The number of carbonyl (C=O) groups is 3. The molecule has 2 aliphatic rings. The molecule has 3 rings (SSSR count). The van der Waals surface area contributed by atoms with Crippen LogP contribution in [0.25, 0.3) is 6.08 Å². The molecule has 2 saturated heterocycles. The van der Waals surface area contributed by atoms with Crippen LogP contribution < -0.4 is 0 Å². The molecule has 0 radical (unpaired) electrons. The van der Waals surface area contributed by atoms with Crippen molar-refractivity contribution in [1.29, 1.82) is 0 Å². The summed E-state index contributed by atoms with van der Waals surface area (Å²) in [7, 11) is -1.52. The first-order valence-corrected chi connectivity index (χ1v) is 11.2. The summed E-state index contributed by atoms with van der Waals surface area (Å²) in [5.74, 6) is -0.629. The molecule has 0 saturated carbocycles. The monoisotopic (exact) mass is 408 g/mol. The maximum absolute atomic E-state index is 12.5. The van der Waals surface area contributed by atoms with E-state index < -0.39 is 21.0 Å². The number of amides is 3. The second kappa shape index (κ2) is 7.85. The number of nitrogens with zero attached hydrogens (tertiary/aromatic N) is 2. The van der Waals surface area contributed by atoms with E-state index in [1.54, 1.807) is 13.1 Å². The minimum absolute atomic E-state index is 0.0144. The van der Waals surface area contributed by atoms with Crippen molar-refractivity contribution in [2.45, 2.75) is 18.9 Å². The molecule has 0 aromatic heterocycles. The third kappa shape index (κ3) is 4.59. The average molecular weight is 409 g/mol. The number of sulfone groups is 1. The lowest BCUT2D eigenvalue weighted by Crippen LogP contribution is -2.40. The van der Waals surface area contributed by atoms with E-state index in [0.717, 1.165) is 22.2 Å². The molecule has 0 bridgehead atoms. The smallest absolute Gasteiger partial charge is 0.293 e. The van der Waals surface area contributed by atoms with Crippen molar-refractivity contribution in [1.82, 2.24) is 9.80 Å². The maximum atomic E-state index is 12.5. The highest BCUT2D eigenvalue weighted by Gasteiger charge is 2.36. The predicted octanol–water partition coefficient (Wildman–Crippen LogP) is 1.76. The van der Waals surface area contributed by atoms with Gasteiger partial charge in [0, 0.05) is 26.1 Å². The molecule has 27 heavy (non-hydrogen) atoms. The fourth-order valence-corrected chi connectivity index (χ4v) is 5.70. The van der Waals surface area contributed by atoms with Gasteiger partial charge < -0.3 is 4.90 Å². The van der Waals surface area contributed by atoms with Gasteiger partial charge in [0.05, 0.1) is 16.4 Å². The van der Waals surface area contributed by atoms with Crippen molar-refractivity contribution in [3.63, 3.8) is 0 Å². The number of thioether (sulfide) groups is 1. The zero-order valence-electron chi connectivity index (χ0n) is 14.8. The average Bonchev–Trinajstić information content (AvgIpc) is 3.12. The third-order valence-electron chi connectivity index (χ3n) is 4.67. The number of rotatable bonds is 5. The van der Waals surface area contributed by atoms with E-state index in [9.17, 15) is 22.8 Å². The molecule has 3 amide bonds. The second-order valence-corrected chi connectivity index (χ2v) is 9.78. The molecule has 2 aliphatic heterocycles. The first-order valence-electron chi connectivity index (χ1n) is 8.53. The van der Waals surface area contributed by atoms with Gasteiger partial charge >= 0.3 is 0 Å².